The molecule has 90 valence electrons. The van der Waals surface area contributed by atoms with Gasteiger partial charge in [-0.15, -0.1) is 0 Å². The summed E-state index contributed by atoms with van der Waals surface area (Å²) in [4.78, 5) is 3.94. The van der Waals surface area contributed by atoms with E-state index in [-0.39, 0.29) is 0 Å². The fourth-order valence-electron chi connectivity index (χ4n) is 2.16. The van der Waals surface area contributed by atoms with Crippen LogP contribution in [-0.4, -0.2) is 26.8 Å². The molecular formula is C12H22N4. The molecule has 1 aliphatic rings. The van der Waals surface area contributed by atoms with Gasteiger partial charge in [0, 0.05) is 18.6 Å². The molecule has 0 spiro atoms. The Kier molecular flexibility index (Phi) is 3.93. The Hall–Kier alpha value is -0.900. The molecule has 1 saturated carbocycles. The van der Waals surface area contributed by atoms with Gasteiger partial charge in [-0.1, -0.05) is 12.8 Å². The summed E-state index contributed by atoms with van der Waals surface area (Å²) in [6, 6.07) is 1.20. The Morgan fingerprint density at radius 2 is 2.19 bits per heavy atom. The van der Waals surface area contributed by atoms with Crippen molar-refractivity contribution in [2.75, 3.05) is 0 Å². The second kappa shape index (κ2) is 5.43. The van der Waals surface area contributed by atoms with E-state index in [1.54, 1.807) is 12.7 Å². The smallest absolute Gasteiger partial charge is 0.137 e. The fourth-order valence-corrected chi connectivity index (χ4v) is 2.16. The van der Waals surface area contributed by atoms with Crippen LogP contribution in [0, 0.1) is 5.92 Å². The average Bonchev–Trinajstić information content (AvgIpc) is 2.89. The van der Waals surface area contributed by atoms with Gasteiger partial charge < -0.3 is 5.32 Å². The molecule has 1 aliphatic carbocycles. The summed E-state index contributed by atoms with van der Waals surface area (Å²) >= 11 is 0. The van der Waals surface area contributed by atoms with Gasteiger partial charge in [-0.3, -0.25) is 4.68 Å². The van der Waals surface area contributed by atoms with Crippen LogP contribution in [0.5, 0.6) is 0 Å². The molecule has 0 aliphatic heterocycles. The summed E-state index contributed by atoms with van der Waals surface area (Å²) < 4.78 is 1.89. The van der Waals surface area contributed by atoms with Crippen LogP contribution in [0.1, 0.15) is 39.5 Å². The predicted molar refractivity (Wildman–Crippen MR) is 64.0 cm³/mol. The molecule has 2 unspecified atom stereocenters. The Bertz CT molecular complexity index is 292. The van der Waals surface area contributed by atoms with Gasteiger partial charge in [0.05, 0.1) is 0 Å². The molecule has 1 heterocycles. The van der Waals surface area contributed by atoms with Crippen molar-refractivity contribution in [1.82, 2.24) is 20.1 Å². The molecule has 1 aromatic rings. The highest BCUT2D eigenvalue weighted by atomic mass is 15.3. The van der Waals surface area contributed by atoms with Crippen LogP contribution in [0.3, 0.4) is 0 Å². The van der Waals surface area contributed by atoms with Crippen molar-refractivity contribution in [3.8, 4) is 0 Å². The number of aromatic nitrogens is 3. The van der Waals surface area contributed by atoms with E-state index in [2.05, 4.69) is 29.2 Å². The first-order chi connectivity index (χ1) is 7.74. The van der Waals surface area contributed by atoms with E-state index in [9.17, 15) is 0 Å². The van der Waals surface area contributed by atoms with Crippen LogP contribution in [-0.2, 0) is 6.54 Å². The van der Waals surface area contributed by atoms with Gasteiger partial charge in [-0.2, -0.15) is 5.10 Å². The number of nitrogens with one attached hydrogen (secondary N) is 1. The Balaban J connectivity index is 1.61. The maximum absolute atomic E-state index is 4.10. The summed E-state index contributed by atoms with van der Waals surface area (Å²) in [6.45, 7) is 5.49. The van der Waals surface area contributed by atoms with E-state index in [4.69, 9.17) is 0 Å². The first-order valence-electron chi connectivity index (χ1n) is 6.32. The summed E-state index contributed by atoms with van der Waals surface area (Å²) in [5, 5.41) is 7.76. The molecule has 16 heavy (non-hydrogen) atoms. The highest BCUT2D eigenvalue weighted by Gasteiger charge is 2.23. The maximum atomic E-state index is 4.10. The molecule has 0 aromatic carbocycles. The van der Waals surface area contributed by atoms with E-state index in [0.717, 1.165) is 18.9 Å². The lowest BCUT2D eigenvalue weighted by molar-refractivity contribution is 0.393. The SMILES string of the molecule is CC(CCn1cncn1)NC(C)CC1CC1. The van der Waals surface area contributed by atoms with Crippen molar-refractivity contribution >= 4 is 0 Å². The molecule has 0 radical (unpaired) electrons. The molecule has 1 N–H and O–H groups in total. The van der Waals surface area contributed by atoms with E-state index in [1.807, 2.05) is 4.68 Å². The lowest BCUT2D eigenvalue weighted by atomic mass is 10.1. The Labute approximate surface area is 97.5 Å². The van der Waals surface area contributed by atoms with Gasteiger partial charge in [-0.25, -0.2) is 4.98 Å². The summed E-state index contributed by atoms with van der Waals surface area (Å²) in [5.41, 5.74) is 0. The largest absolute Gasteiger partial charge is 0.312 e. The van der Waals surface area contributed by atoms with Crippen molar-refractivity contribution in [3.63, 3.8) is 0 Å². The fraction of sp³-hybridized carbons (Fsp3) is 0.833. The second-order valence-electron chi connectivity index (χ2n) is 5.10. The molecule has 4 heteroatoms. The first-order valence-corrected chi connectivity index (χ1v) is 6.32. The van der Waals surface area contributed by atoms with E-state index in [1.165, 1.54) is 19.3 Å². The van der Waals surface area contributed by atoms with Crippen molar-refractivity contribution in [3.05, 3.63) is 12.7 Å². The molecular weight excluding hydrogens is 200 g/mol. The minimum absolute atomic E-state index is 0.554. The van der Waals surface area contributed by atoms with Crippen molar-refractivity contribution < 1.29 is 0 Å². The predicted octanol–water partition coefficient (Wildman–Crippen LogP) is 1.83. The van der Waals surface area contributed by atoms with Crippen molar-refractivity contribution in [1.29, 1.82) is 0 Å². The Morgan fingerprint density at radius 3 is 2.81 bits per heavy atom. The average molecular weight is 222 g/mol. The molecule has 1 fully saturated rings. The van der Waals surface area contributed by atoms with Crippen molar-refractivity contribution in [2.24, 2.45) is 5.92 Å². The van der Waals surface area contributed by atoms with Gasteiger partial charge in [-0.05, 0) is 32.6 Å². The summed E-state index contributed by atoms with van der Waals surface area (Å²) in [7, 11) is 0. The van der Waals surface area contributed by atoms with E-state index < -0.39 is 0 Å². The first kappa shape index (κ1) is 11.6. The maximum Gasteiger partial charge on any atom is 0.137 e. The molecule has 0 saturated heterocycles. The van der Waals surface area contributed by atoms with Crippen LogP contribution in [0.15, 0.2) is 12.7 Å². The second-order valence-corrected chi connectivity index (χ2v) is 5.10. The Morgan fingerprint density at radius 1 is 1.38 bits per heavy atom. The zero-order valence-corrected chi connectivity index (χ0v) is 10.3. The zero-order chi connectivity index (χ0) is 11.4. The molecule has 2 atom stereocenters. The quantitative estimate of drug-likeness (QED) is 0.765. The summed E-state index contributed by atoms with van der Waals surface area (Å²) in [6.07, 6.45) is 8.71. The number of nitrogens with zero attached hydrogens (tertiary/aromatic N) is 3. The molecule has 0 amide bonds. The lowest BCUT2D eigenvalue weighted by Crippen LogP contribution is -2.35. The minimum atomic E-state index is 0.554. The number of aryl methyl sites for hydroxylation is 1. The third kappa shape index (κ3) is 3.93. The number of hydrogen-bond acceptors (Lipinski definition) is 3. The molecule has 2 rings (SSSR count). The number of hydrogen-bond donors (Lipinski definition) is 1. The van der Waals surface area contributed by atoms with Gasteiger partial charge in [0.2, 0.25) is 0 Å². The lowest BCUT2D eigenvalue weighted by Gasteiger charge is -2.19. The normalized spacial score (nSPS) is 19.6. The molecule has 4 nitrogen and oxygen atoms in total. The number of rotatable bonds is 7. The standard InChI is InChI=1S/C12H22N4/c1-10(5-6-16-9-13-8-14-16)15-11(2)7-12-3-4-12/h8-12,15H,3-7H2,1-2H3. The van der Waals surface area contributed by atoms with Gasteiger partial charge in [0.15, 0.2) is 0 Å². The molecule has 0 bridgehead atoms. The summed E-state index contributed by atoms with van der Waals surface area (Å²) in [5.74, 6) is 1.00. The van der Waals surface area contributed by atoms with Crippen LogP contribution < -0.4 is 5.32 Å². The highest BCUT2D eigenvalue weighted by molar-refractivity contribution is 4.79. The van der Waals surface area contributed by atoms with Crippen LogP contribution >= 0.6 is 0 Å². The third-order valence-corrected chi connectivity index (χ3v) is 3.21. The van der Waals surface area contributed by atoms with E-state index >= 15 is 0 Å². The molecule has 1 aromatic heterocycles. The van der Waals surface area contributed by atoms with Gasteiger partial charge >= 0.3 is 0 Å². The van der Waals surface area contributed by atoms with E-state index in [0.29, 0.717) is 12.1 Å². The highest BCUT2D eigenvalue weighted by Crippen LogP contribution is 2.33. The third-order valence-electron chi connectivity index (χ3n) is 3.21. The van der Waals surface area contributed by atoms with Crippen LogP contribution in [0.25, 0.3) is 0 Å². The van der Waals surface area contributed by atoms with Gasteiger partial charge in [0.25, 0.3) is 0 Å². The monoisotopic (exact) mass is 222 g/mol. The van der Waals surface area contributed by atoms with Crippen LogP contribution in [0.2, 0.25) is 0 Å². The van der Waals surface area contributed by atoms with Crippen molar-refractivity contribution in [2.45, 2.75) is 58.2 Å². The van der Waals surface area contributed by atoms with Crippen LogP contribution in [0.4, 0.5) is 0 Å². The van der Waals surface area contributed by atoms with Gasteiger partial charge in [0.1, 0.15) is 12.7 Å². The minimum Gasteiger partial charge on any atom is -0.312 e. The topological polar surface area (TPSA) is 42.7 Å². The zero-order valence-electron chi connectivity index (χ0n) is 10.3.